The van der Waals surface area contributed by atoms with E-state index in [0.717, 1.165) is 38.8 Å². The fourth-order valence-electron chi connectivity index (χ4n) is 2.56. The monoisotopic (exact) mass is 229 g/mol. The summed E-state index contributed by atoms with van der Waals surface area (Å²) in [7, 11) is 0. The van der Waals surface area contributed by atoms with Crippen molar-refractivity contribution in [1.82, 2.24) is 4.90 Å². The van der Waals surface area contributed by atoms with E-state index in [1.54, 1.807) is 0 Å². The third kappa shape index (κ3) is 2.83. The second-order valence-corrected chi connectivity index (χ2v) is 4.92. The van der Waals surface area contributed by atoms with Crippen molar-refractivity contribution in [2.75, 3.05) is 13.1 Å². The largest absolute Gasteiger partial charge is 0.303 e. The van der Waals surface area contributed by atoms with Gasteiger partial charge in [0.2, 0.25) is 0 Å². The highest BCUT2D eigenvalue weighted by Crippen LogP contribution is 2.32. The van der Waals surface area contributed by atoms with Crippen LogP contribution in [-0.2, 0) is 11.3 Å². The molecule has 90 valence electrons. The van der Waals surface area contributed by atoms with Gasteiger partial charge in [0.25, 0.3) is 0 Å². The molecule has 1 saturated heterocycles. The molecule has 1 unspecified atom stereocenters. The van der Waals surface area contributed by atoms with Crippen LogP contribution in [0.4, 0.5) is 0 Å². The van der Waals surface area contributed by atoms with E-state index in [1.165, 1.54) is 5.56 Å². The Bertz CT molecular complexity index is 387. The number of likely N-dealkylation sites (tertiary alicyclic amines) is 1. The average molecular weight is 229 g/mol. The Morgan fingerprint density at radius 1 is 1.35 bits per heavy atom. The van der Waals surface area contributed by atoms with E-state index >= 15 is 0 Å². The van der Waals surface area contributed by atoms with Crippen molar-refractivity contribution in [3.63, 3.8) is 0 Å². The summed E-state index contributed by atoms with van der Waals surface area (Å²) >= 11 is 0. The third-order valence-electron chi connectivity index (χ3n) is 3.51. The maximum absolute atomic E-state index is 11.2. The molecule has 0 saturated carbocycles. The molecular formula is C15H19NO. The second-order valence-electron chi connectivity index (χ2n) is 4.92. The van der Waals surface area contributed by atoms with E-state index in [2.05, 4.69) is 35.7 Å². The van der Waals surface area contributed by atoms with Crippen LogP contribution in [0, 0.1) is 5.41 Å². The van der Waals surface area contributed by atoms with Gasteiger partial charge in [-0.05, 0) is 24.9 Å². The molecule has 1 heterocycles. The van der Waals surface area contributed by atoms with Crippen LogP contribution < -0.4 is 0 Å². The van der Waals surface area contributed by atoms with Gasteiger partial charge in [-0.25, -0.2) is 0 Å². The van der Waals surface area contributed by atoms with Crippen LogP contribution in [-0.4, -0.2) is 24.3 Å². The van der Waals surface area contributed by atoms with Gasteiger partial charge >= 0.3 is 0 Å². The van der Waals surface area contributed by atoms with Crippen LogP contribution in [0.1, 0.15) is 18.4 Å². The lowest BCUT2D eigenvalue weighted by Gasteiger charge is -2.21. The third-order valence-corrected chi connectivity index (χ3v) is 3.51. The van der Waals surface area contributed by atoms with Gasteiger partial charge in [-0.15, -0.1) is 6.58 Å². The van der Waals surface area contributed by atoms with Crippen LogP contribution in [0.15, 0.2) is 43.0 Å². The predicted molar refractivity (Wildman–Crippen MR) is 69.6 cm³/mol. The molecule has 1 aromatic carbocycles. The zero-order valence-electron chi connectivity index (χ0n) is 10.1. The minimum absolute atomic E-state index is 0.184. The van der Waals surface area contributed by atoms with Crippen LogP contribution >= 0.6 is 0 Å². The molecule has 2 nitrogen and oxygen atoms in total. The van der Waals surface area contributed by atoms with Gasteiger partial charge < -0.3 is 4.79 Å². The Hall–Kier alpha value is -1.41. The van der Waals surface area contributed by atoms with Crippen LogP contribution in [0.5, 0.6) is 0 Å². The Morgan fingerprint density at radius 3 is 2.76 bits per heavy atom. The van der Waals surface area contributed by atoms with Gasteiger partial charge in [0.05, 0.1) is 0 Å². The molecule has 0 radical (unpaired) electrons. The van der Waals surface area contributed by atoms with Gasteiger partial charge in [0.15, 0.2) is 0 Å². The number of carbonyl (C=O) groups excluding carboxylic acids is 1. The SMILES string of the molecule is C=CCC1(C=O)CCN(Cc2ccccc2)C1. The van der Waals surface area contributed by atoms with Crippen LogP contribution in [0.3, 0.4) is 0 Å². The summed E-state index contributed by atoms with van der Waals surface area (Å²) in [6, 6.07) is 10.4. The van der Waals surface area contributed by atoms with Crippen molar-refractivity contribution in [3.05, 3.63) is 48.6 Å². The molecule has 1 aromatic rings. The first-order valence-corrected chi connectivity index (χ1v) is 6.11. The van der Waals surface area contributed by atoms with Crippen molar-refractivity contribution in [2.45, 2.75) is 19.4 Å². The number of aldehydes is 1. The fraction of sp³-hybridized carbons (Fsp3) is 0.400. The van der Waals surface area contributed by atoms with Gasteiger partial charge in [-0.2, -0.15) is 0 Å². The lowest BCUT2D eigenvalue weighted by atomic mass is 9.85. The average Bonchev–Trinajstić information content (AvgIpc) is 2.75. The van der Waals surface area contributed by atoms with Gasteiger partial charge in [0.1, 0.15) is 6.29 Å². The molecule has 0 N–H and O–H groups in total. The van der Waals surface area contributed by atoms with Crippen molar-refractivity contribution in [2.24, 2.45) is 5.41 Å². The first kappa shape index (κ1) is 12.1. The number of hydrogen-bond acceptors (Lipinski definition) is 2. The smallest absolute Gasteiger partial charge is 0.127 e. The number of carbonyl (C=O) groups is 1. The number of allylic oxidation sites excluding steroid dienone is 1. The number of nitrogens with zero attached hydrogens (tertiary/aromatic N) is 1. The predicted octanol–water partition coefficient (Wildman–Crippen LogP) is 2.65. The Kier molecular flexibility index (Phi) is 3.75. The zero-order chi connectivity index (χ0) is 12.1. The highest BCUT2D eigenvalue weighted by Gasteiger charge is 2.36. The summed E-state index contributed by atoms with van der Waals surface area (Å²) in [6.45, 7) is 6.55. The quantitative estimate of drug-likeness (QED) is 0.571. The summed E-state index contributed by atoms with van der Waals surface area (Å²) < 4.78 is 0. The molecular weight excluding hydrogens is 210 g/mol. The van der Waals surface area contributed by atoms with Gasteiger partial charge in [0, 0.05) is 18.5 Å². The normalized spacial score (nSPS) is 24.7. The molecule has 1 fully saturated rings. The molecule has 0 spiro atoms. The topological polar surface area (TPSA) is 20.3 Å². The van der Waals surface area contributed by atoms with E-state index in [-0.39, 0.29) is 5.41 Å². The lowest BCUT2D eigenvalue weighted by Crippen LogP contribution is -2.27. The Labute approximate surface area is 103 Å². The maximum Gasteiger partial charge on any atom is 0.127 e. The zero-order valence-corrected chi connectivity index (χ0v) is 10.1. The molecule has 2 rings (SSSR count). The van der Waals surface area contributed by atoms with Crippen LogP contribution in [0.2, 0.25) is 0 Å². The molecule has 1 aliphatic heterocycles. The van der Waals surface area contributed by atoms with E-state index in [9.17, 15) is 4.79 Å². The maximum atomic E-state index is 11.2. The standard InChI is InChI=1S/C15H19NO/c1-2-8-15(13-17)9-10-16(12-15)11-14-6-4-3-5-7-14/h2-7,13H,1,8-12H2. The van der Waals surface area contributed by atoms with E-state index < -0.39 is 0 Å². The second kappa shape index (κ2) is 5.28. The van der Waals surface area contributed by atoms with Crippen LogP contribution in [0.25, 0.3) is 0 Å². The summed E-state index contributed by atoms with van der Waals surface area (Å²) in [5, 5.41) is 0. The van der Waals surface area contributed by atoms with E-state index in [0.29, 0.717) is 0 Å². The Balaban J connectivity index is 1.98. The number of rotatable bonds is 5. The molecule has 2 heteroatoms. The van der Waals surface area contributed by atoms with Gasteiger partial charge in [-0.3, -0.25) is 4.90 Å². The molecule has 0 amide bonds. The van der Waals surface area contributed by atoms with E-state index in [1.807, 2.05) is 12.1 Å². The Morgan fingerprint density at radius 2 is 2.12 bits per heavy atom. The summed E-state index contributed by atoms with van der Waals surface area (Å²) in [6.07, 6.45) is 4.73. The molecule has 17 heavy (non-hydrogen) atoms. The first-order valence-electron chi connectivity index (χ1n) is 6.11. The van der Waals surface area contributed by atoms with Gasteiger partial charge in [-0.1, -0.05) is 36.4 Å². The van der Waals surface area contributed by atoms with Crippen molar-refractivity contribution >= 4 is 6.29 Å². The minimum atomic E-state index is -0.184. The van der Waals surface area contributed by atoms with Crippen molar-refractivity contribution in [3.8, 4) is 0 Å². The minimum Gasteiger partial charge on any atom is -0.303 e. The van der Waals surface area contributed by atoms with E-state index in [4.69, 9.17) is 0 Å². The molecule has 0 aliphatic carbocycles. The lowest BCUT2D eigenvalue weighted by molar-refractivity contribution is -0.115. The fourth-order valence-corrected chi connectivity index (χ4v) is 2.56. The molecule has 0 bridgehead atoms. The first-order chi connectivity index (χ1) is 8.28. The van der Waals surface area contributed by atoms with Crippen molar-refractivity contribution in [1.29, 1.82) is 0 Å². The van der Waals surface area contributed by atoms with Crippen molar-refractivity contribution < 1.29 is 4.79 Å². The summed E-state index contributed by atoms with van der Waals surface area (Å²) in [4.78, 5) is 13.6. The summed E-state index contributed by atoms with van der Waals surface area (Å²) in [5.41, 5.74) is 1.13. The molecule has 0 aromatic heterocycles. The number of benzene rings is 1. The molecule has 1 atom stereocenters. The highest BCUT2D eigenvalue weighted by atomic mass is 16.1. The highest BCUT2D eigenvalue weighted by molar-refractivity contribution is 5.61. The summed E-state index contributed by atoms with van der Waals surface area (Å²) in [5.74, 6) is 0. The molecule has 1 aliphatic rings. The number of hydrogen-bond donors (Lipinski definition) is 0.